The topological polar surface area (TPSA) is 64.6 Å². The Labute approximate surface area is 101 Å². The Morgan fingerprint density at radius 3 is 2.53 bits per heavy atom. The van der Waals surface area contributed by atoms with Crippen molar-refractivity contribution in [3.05, 3.63) is 12.3 Å². The number of hydrogen-bond donors (Lipinski definition) is 1. The Kier molecular flexibility index (Phi) is 5.52. The van der Waals surface area contributed by atoms with Crippen LogP contribution in [0.5, 0.6) is 0 Å². The van der Waals surface area contributed by atoms with Gasteiger partial charge in [-0.2, -0.15) is 0 Å². The van der Waals surface area contributed by atoms with Gasteiger partial charge < -0.3 is 9.47 Å². The molecule has 0 aromatic carbocycles. The van der Waals surface area contributed by atoms with E-state index in [2.05, 4.69) is 16.6 Å². The second-order valence-corrected chi connectivity index (χ2v) is 3.99. The van der Waals surface area contributed by atoms with Crippen LogP contribution in [-0.2, 0) is 14.3 Å². The fourth-order valence-electron chi connectivity index (χ4n) is 1.75. The van der Waals surface area contributed by atoms with Crippen molar-refractivity contribution in [2.75, 3.05) is 6.61 Å². The minimum Gasteiger partial charge on any atom is -0.458 e. The number of rotatable bonds is 4. The van der Waals surface area contributed by atoms with Crippen molar-refractivity contribution in [1.29, 1.82) is 0 Å². The second-order valence-electron chi connectivity index (χ2n) is 3.99. The van der Waals surface area contributed by atoms with Crippen LogP contribution < -0.4 is 5.32 Å². The summed E-state index contributed by atoms with van der Waals surface area (Å²) in [5, 5.41) is 2.24. The number of alkyl carbamates (subject to hydrolysis) is 1. The molecule has 1 fully saturated rings. The van der Waals surface area contributed by atoms with Crippen molar-refractivity contribution in [3.8, 4) is 0 Å². The van der Waals surface area contributed by atoms with Crippen LogP contribution in [-0.4, -0.2) is 24.8 Å². The molecule has 0 unspecified atom stereocenters. The van der Waals surface area contributed by atoms with Gasteiger partial charge in [0.15, 0.2) is 0 Å². The van der Waals surface area contributed by atoms with Crippen LogP contribution in [0.15, 0.2) is 12.3 Å². The van der Waals surface area contributed by atoms with Crippen LogP contribution in [0.3, 0.4) is 0 Å². The summed E-state index contributed by atoms with van der Waals surface area (Å²) in [4.78, 5) is 22.6. The fraction of sp³-hybridized carbons (Fsp3) is 0.667. The van der Waals surface area contributed by atoms with E-state index >= 15 is 0 Å². The van der Waals surface area contributed by atoms with Gasteiger partial charge in [0.05, 0.1) is 6.61 Å². The van der Waals surface area contributed by atoms with E-state index in [1.54, 1.807) is 6.92 Å². The maximum Gasteiger partial charge on any atom is 0.411 e. The minimum absolute atomic E-state index is 0.0444. The average Bonchev–Trinajstić information content (AvgIpc) is 2.30. The summed E-state index contributed by atoms with van der Waals surface area (Å²) in [5.74, 6) is -0.579. The van der Waals surface area contributed by atoms with Crippen LogP contribution >= 0.6 is 0 Å². The molecule has 1 aliphatic rings. The van der Waals surface area contributed by atoms with Gasteiger partial charge in [0.25, 0.3) is 0 Å². The van der Waals surface area contributed by atoms with E-state index in [1.807, 2.05) is 0 Å². The summed E-state index contributed by atoms with van der Waals surface area (Å²) < 4.78 is 9.86. The Bertz CT molecular complexity index is 295. The Morgan fingerprint density at radius 2 is 1.94 bits per heavy atom. The number of nitrogens with one attached hydrogen (secondary N) is 1. The molecule has 0 aromatic rings. The predicted octanol–water partition coefficient (Wildman–Crippen LogP) is 2.12. The Balaban J connectivity index is 2.30. The van der Waals surface area contributed by atoms with E-state index in [1.165, 1.54) is 6.42 Å². The third-order valence-corrected chi connectivity index (χ3v) is 2.60. The molecule has 1 N–H and O–H groups in total. The van der Waals surface area contributed by atoms with Crippen molar-refractivity contribution in [2.24, 2.45) is 0 Å². The number of amides is 1. The normalized spacial score (nSPS) is 16.1. The lowest BCUT2D eigenvalue weighted by Gasteiger charge is -2.22. The van der Waals surface area contributed by atoms with Gasteiger partial charge in [-0.3, -0.25) is 5.32 Å². The van der Waals surface area contributed by atoms with Gasteiger partial charge in [0, 0.05) is 0 Å². The molecule has 0 bridgehead atoms. The molecule has 0 aliphatic heterocycles. The van der Waals surface area contributed by atoms with Crippen molar-refractivity contribution in [2.45, 2.75) is 45.1 Å². The molecule has 0 heterocycles. The molecule has 5 heteroatoms. The molecule has 1 amide bonds. The minimum atomic E-state index is -0.682. The summed E-state index contributed by atoms with van der Waals surface area (Å²) >= 11 is 0. The van der Waals surface area contributed by atoms with Crippen molar-refractivity contribution >= 4 is 12.1 Å². The lowest BCUT2D eigenvalue weighted by atomic mass is 9.98. The second kappa shape index (κ2) is 6.93. The maximum absolute atomic E-state index is 11.6. The van der Waals surface area contributed by atoms with Gasteiger partial charge in [-0.05, 0) is 32.6 Å². The summed E-state index contributed by atoms with van der Waals surface area (Å²) in [6.45, 7) is 5.39. The first-order chi connectivity index (χ1) is 8.13. The van der Waals surface area contributed by atoms with Crippen molar-refractivity contribution in [1.82, 2.24) is 5.32 Å². The molecule has 0 aromatic heterocycles. The Morgan fingerprint density at radius 1 is 1.29 bits per heavy atom. The third kappa shape index (κ3) is 4.89. The van der Waals surface area contributed by atoms with Gasteiger partial charge in [0.1, 0.15) is 11.8 Å². The molecular weight excluding hydrogens is 222 g/mol. The van der Waals surface area contributed by atoms with Gasteiger partial charge >= 0.3 is 12.1 Å². The smallest absolute Gasteiger partial charge is 0.411 e. The van der Waals surface area contributed by atoms with E-state index in [4.69, 9.17) is 4.74 Å². The fourth-order valence-corrected chi connectivity index (χ4v) is 1.75. The molecule has 1 rings (SSSR count). The Hall–Kier alpha value is -1.52. The summed E-state index contributed by atoms with van der Waals surface area (Å²) in [6.07, 6.45) is 4.40. The van der Waals surface area contributed by atoms with Crippen LogP contribution in [0.1, 0.15) is 39.0 Å². The molecule has 1 aliphatic carbocycles. The third-order valence-electron chi connectivity index (χ3n) is 2.60. The van der Waals surface area contributed by atoms with Crippen LogP contribution in [0.4, 0.5) is 4.79 Å². The number of carbonyl (C=O) groups excluding carboxylic acids is 2. The van der Waals surface area contributed by atoms with Crippen LogP contribution in [0.25, 0.3) is 0 Å². The van der Waals surface area contributed by atoms with Crippen LogP contribution in [0.2, 0.25) is 0 Å². The van der Waals surface area contributed by atoms with Gasteiger partial charge in [-0.25, -0.2) is 9.59 Å². The first kappa shape index (κ1) is 13.5. The predicted molar refractivity (Wildman–Crippen MR) is 62.3 cm³/mol. The molecule has 0 saturated heterocycles. The van der Waals surface area contributed by atoms with Gasteiger partial charge in [-0.15, -0.1) is 0 Å². The van der Waals surface area contributed by atoms with E-state index in [0.29, 0.717) is 0 Å². The van der Waals surface area contributed by atoms with E-state index in [0.717, 1.165) is 25.7 Å². The van der Waals surface area contributed by atoms with Crippen molar-refractivity contribution in [3.63, 3.8) is 0 Å². The lowest BCUT2D eigenvalue weighted by molar-refractivity contribution is -0.146. The highest BCUT2D eigenvalue weighted by Crippen LogP contribution is 2.20. The number of esters is 1. The molecular formula is C12H19NO4. The first-order valence-corrected chi connectivity index (χ1v) is 5.97. The molecule has 5 nitrogen and oxygen atoms in total. The van der Waals surface area contributed by atoms with E-state index < -0.39 is 12.1 Å². The number of carbonyl (C=O) groups is 2. The summed E-state index contributed by atoms with van der Waals surface area (Å²) in [7, 11) is 0. The lowest BCUT2D eigenvalue weighted by Crippen LogP contribution is -2.31. The SMILES string of the molecule is C=C(NC(=O)OCC)C(=O)OC1CCCCC1. The zero-order valence-corrected chi connectivity index (χ0v) is 10.2. The van der Waals surface area contributed by atoms with Gasteiger partial charge in [-0.1, -0.05) is 13.0 Å². The zero-order valence-electron chi connectivity index (χ0n) is 10.2. The molecule has 0 atom stereocenters. The molecule has 17 heavy (non-hydrogen) atoms. The molecule has 0 radical (unpaired) electrons. The maximum atomic E-state index is 11.6. The zero-order chi connectivity index (χ0) is 12.7. The highest BCUT2D eigenvalue weighted by atomic mass is 16.6. The monoisotopic (exact) mass is 241 g/mol. The molecule has 1 saturated carbocycles. The largest absolute Gasteiger partial charge is 0.458 e. The average molecular weight is 241 g/mol. The number of ether oxygens (including phenoxy) is 2. The van der Waals surface area contributed by atoms with Crippen LogP contribution in [0, 0.1) is 0 Å². The standard InChI is InChI=1S/C12H19NO4/c1-3-16-12(15)13-9(2)11(14)17-10-7-5-4-6-8-10/h10H,2-8H2,1H3,(H,13,15). The first-order valence-electron chi connectivity index (χ1n) is 5.97. The van der Waals surface area contributed by atoms with E-state index in [-0.39, 0.29) is 18.4 Å². The van der Waals surface area contributed by atoms with Crippen molar-refractivity contribution < 1.29 is 19.1 Å². The highest BCUT2D eigenvalue weighted by Gasteiger charge is 2.20. The van der Waals surface area contributed by atoms with E-state index in [9.17, 15) is 9.59 Å². The summed E-state index contributed by atoms with van der Waals surface area (Å²) in [5.41, 5.74) is -0.0750. The quantitative estimate of drug-likeness (QED) is 0.605. The summed E-state index contributed by atoms with van der Waals surface area (Å²) in [6, 6.07) is 0. The molecule has 0 spiro atoms. The number of hydrogen-bond acceptors (Lipinski definition) is 4. The van der Waals surface area contributed by atoms with Gasteiger partial charge in [0.2, 0.25) is 0 Å². The highest BCUT2D eigenvalue weighted by molar-refractivity contribution is 5.91. The molecule has 96 valence electrons.